The number of oxazole rings is 1. The van der Waals surface area contributed by atoms with Crippen LogP contribution in [0.3, 0.4) is 0 Å². The van der Waals surface area contributed by atoms with Crippen molar-refractivity contribution in [2.24, 2.45) is 0 Å². The number of aromatic nitrogens is 1. The van der Waals surface area contributed by atoms with E-state index in [1.54, 1.807) is 0 Å². The lowest BCUT2D eigenvalue weighted by Gasteiger charge is -2.23. The second kappa shape index (κ2) is 8.76. The predicted molar refractivity (Wildman–Crippen MR) is 107 cm³/mol. The summed E-state index contributed by atoms with van der Waals surface area (Å²) in [4.78, 5) is 18.7. The molecular weight excluding hydrogens is 346 g/mol. The molecule has 0 bridgehead atoms. The lowest BCUT2D eigenvalue weighted by atomic mass is 10.2. The van der Waals surface area contributed by atoms with Gasteiger partial charge in [0.1, 0.15) is 5.52 Å². The molecule has 3 aromatic rings. The van der Waals surface area contributed by atoms with Crippen LogP contribution >= 0.6 is 11.8 Å². The van der Waals surface area contributed by atoms with Gasteiger partial charge in [-0.3, -0.25) is 4.79 Å². The highest BCUT2D eigenvalue weighted by Gasteiger charge is 2.10. The molecule has 0 saturated heterocycles. The molecule has 0 atom stereocenters. The van der Waals surface area contributed by atoms with Crippen molar-refractivity contribution in [3.8, 4) is 0 Å². The molecule has 136 valence electrons. The summed E-state index contributed by atoms with van der Waals surface area (Å²) in [5, 5.41) is 3.49. The molecule has 26 heavy (non-hydrogen) atoms. The second-order valence-corrected chi connectivity index (χ2v) is 6.93. The number of rotatable bonds is 8. The zero-order chi connectivity index (χ0) is 18.4. The van der Waals surface area contributed by atoms with Gasteiger partial charge in [-0.1, -0.05) is 36.0 Å². The van der Waals surface area contributed by atoms with Crippen molar-refractivity contribution in [1.29, 1.82) is 0 Å². The Bertz CT molecular complexity index is 845. The average molecular weight is 369 g/mol. The number of likely N-dealkylation sites (N-methyl/N-ethyl adjacent to an activating group) is 1. The fourth-order valence-electron chi connectivity index (χ4n) is 2.72. The molecule has 6 heteroatoms. The lowest BCUT2D eigenvalue weighted by Crippen LogP contribution is -2.35. The Kier molecular flexibility index (Phi) is 6.17. The van der Waals surface area contributed by atoms with Crippen molar-refractivity contribution in [3.63, 3.8) is 0 Å². The van der Waals surface area contributed by atoms with Crippen LogP contribution in [-0.4, -0.2) is 36.3 Å². The largest absolute Gasteiger partial charge is 0.431 e. The zero-order valence-electron chi connectivity index (χ0n) is 15.1. The third-order valence-electron chi connectivity index (χ3n) is 4.05. The molecule has 1 aromatic heterocycles. The maximum absolute atomic E-state index is 12.1. The number of para-hydroxylation sites is 2. The predicted octanol–water partition coefficient (Wildman–Crippen LogP) is 3.87. The van der Waals surface area contributed by atoms with E-state index in [1.807, 2.05) is 24.3 Å². The SMILES string of the molecule is CCN(CCNC(=O)CSc1nc2ccccc2o1)c1cccc(C)c1. The third kappa shape index (κ3) is 4.79. The first-order valence-electron chi connectivity index (χ1n) is 8.72. The summed E-state index contributed by atoms with van der Waals surface area (Å²) in [6.45, 7) is 6.49. The monoisotopic (exact) mass is 369 g/mol. The van der Waals surface area contributed by atoms with Gasteiger partial charge in [-0.2, -0.15) is 0 Å². The Morgan fingerprint density at radius 2 is 2.08 bits per heavy atom. The van der Waals surface area contributed by atoms with Gasteiger partial charge in [-0.15, -0.1) is 0 Å². The molecule has 0 unspecified atom stereocenters. The Labute approximate surface area is 157 Å². The maximum Gasteiger partial charge on any atom is 0.257 e. The third-order valence-corrected chi connectivity index (χ3v) is 4.88. The molecule has 0 aliphatic carbocycles. The molecule has 0 aliphatic rings. The van der Waals surface area contributed by atoms with Crippen LogP contribution in [0.5, 0.6) is 0 Å². The number of fused-ring (bicyclic) bond motifs is 1. The van der Waals surface area contributed by atoms with Gasteiger partial charge in [0.05, 0.1) is 5.75 Å². The standard InChI is InChI=1S/C20H23N3O2S/c1-3-23(16-8-6-7-15(2)13-16)12-11-21-19(24)14-26-20-22-17-9-4-5-10-18(17)25-20/h4-10,13H,3,11-12,14H2,1-2H3,(H,21,24). The van der Waals surface area contributed by atoms with E-state index in [0.29, 0.717) is 17.5 Å². The first-order chi connectivity index (χ1) is 12.7. The van der Waals surface area contributed by atoms with Gasteiger partial charge in [0.25, 0.3) is 5.22 Å². The van der Waals surface area contributed by atoms with Gasteiger partial charge in [-0.05, 0) is 43.7 Å². The Balaban J connectivity index is 1.44. The fourth-order valence-corrected chi connectivity index (χ4v) is 3.38. The van der Waals surface area contributed by atoms with Crippen LogP contribution in [0.25, 0.3) is 11.1 Å². The van der Waals surface area contributed by atoms with Crippen LogP contribution in [0, 0.1) is 6.92 Å². The molecule has 3 rings (SSSR count). The van der Waals surface area contributed by atoms with Crippen LogP contribution in [0.15, 0.2) is 58.2 Å². The number of anilines is 1. The first kappa shape index (κ1) is 18.3. The number of aryl methyl sites for hydroxylation is 1. The normalized spacial score (nSPS) is 10.8. The molecule has 1 heterocycles. The number of nitrogens with zero attached hydrogens (tertiary/aromatic N) is 2. The zero-order valence-corrected chi connectivity index (χ0v) is 15.9. The molecule has 0 saturated carbocycles. The number of nitrogens with one attached hydrogen (secondary N) is 1. The number of benzene rings is 2. The van der Waals surface area contributed by atoms with Crippen molar-refractivity contribution in [2.45, 2.75) is 19.1 Å². The minimum Gasteiger partial charge on any atom is -0.431 e. The number of carbonyl (C=O) groups is 1. The van der Waals surface area contributed by atoms with Crippen molar-refractivity contribution >= 4 is 34.5 Å². The van der Waals surface area contributed by atoms with Crippen molar-refractivity contribution in [2.75, 3.05) is 30.3 Å². The second-order valence-electron chi connectivity index (χ2n) is 6.00. The summed E-state index contributed by atoms with van der Waals surface area (Å²) in [6.07, 6.45) is 0. The lowest BCUT2D eigenvalue weighted by molar-refractivity contribution is -0.118. The van der Waals surface area contributed by atoms with E-state index in [2.05, 4.69) is 53.3 Å². The van der Waals surface area contributed by atoms with Gasteiger partial charge in [0.15, 0.2) is 5.58 Å². The van der Waals surface area contributed by atoms with Crippen molar-refractivity contribution in [3.05, 3.63) is 54.1 Å². The van der Waals surface area contributed by atoms with Gasteiger partial charge in [0.2, 0.25) is 5.91 Å². The van der Waals surface area contributed by atoms with E-state index >= 15 is 0 Å². The summed E-state index contributed by atoms with van der Waals surface area (Å²) in [5.41, 5.74) is 3.97. The summed E-state index contributed by atoms with van der Waals surface area (Å²) >= 11 is 1.31. The summed E-state index contributed by atoms with van der Waals surface area (Å²) in [7, 11) is 0. The van der Waals surface area contributed by atoms with E-state index in [4.69, 9.17) is 4.42 Å². The highest BCUT2D eigenvalue weighted by Crippen LogP contribution is 2.22. The number of hydrogen-bond donors (Lipinski definition) is 1. The summed E-state index contributed by atoms with van der Waals surface area (Å²) < 4.78 is 5.61. The molecule has 2 aromatic carbocycles. The van der Waals surface area contributed by atoms with Crippen LogP contribution < -0.4 is 10.2 Å². The molecule has 1 amide bonds. The van der Waals surface area contributed by atoms with E-state index in [-0.39, 0.29) is 5.91 Å². The van der Waals surface area contributed by atoms with E-state index in [9.17, 15) is 4.79 Å². The quantitative estimate of drug-likeness (QED) is 0.611. The van der Waals surface area contributed by atoms with Crippen LogP contribution in [0.4, 0.5) is 5.69 Å². The van der Waals surface area contributed by atoms with Crippen molar-refractivity contribution in [1.82, 2.24) is 10.3 Å². The van der Waals surface area contributed by atoms with Gasteiger partial charge in [-0.25, -0.2) is 4.98 Å². The Morgan fingerprint density at radius 3 is 2.85 bits per heavy atom. The Hall–Kier alpha value is -2.47. The van der Waals surface area contributed by atoms with Gasteiger partial charge < -0.3 is 14.6 Å². The minimum absolute atomic E-state index is 0.0162. The molecule has 0 fully saturated rings. The highest BCUT2D eigenvalue weighted by molar-refractivity contribution is 7.99. The Morgan fingerprint density at radius 1 is 1.23 bits per heavy atom. The smallest absolute Gasteiger partial charge is 0.257 e. The molecule has 5 nitrogen and oxygen atoms in total. The molecule has 0 spiro atoms. The maximum atomic E-state index is 12.1. The van der Waals surface area contributed by atoms with E-state index in [1.165, 1.54) is 23.0 Å². The van der Waals surface area contributed by atoms with Crippen LogP contribution in [-0.2, 0) is 4.79 Å². The average Bonchev–Trinajstić information content (AvgIpc) is 3.06. The van der Waals surface area contributed by atoms with Gasteiger partial charge in [0, 0.05) is 25.3 Å². The summed E-state index contributed by atoms with van der Waals surface area (Å²) in [5.74, 6) is 0.279. The first-order valence-corrected chi connectivity index (χ1v) is 9.71. The van der Waals surface area contributed by atoms with Gasteiger partial charge >= 0.3 is 0 Å². The molecular formula is C20H23N3O2S. The van der Waals surface area contributed by atoms with Crippen LogP contribution in [0.1, 0.15) is 12.5 Å². The minimum atomic E-state index is -0.0162. The summed E-state index contributed by atoms with van der Waals surface area (Å²) in [6, 6.07) is 16.0. The number of carbonyl (C=O) groups excluding carboxylic acids is 1. The number of amides is 1. The van der Waals surface area contributed by atoms with Crippen molar-refractivity contribution < 1.29 is 9.21 Å². The molecule has 1 N–H and O–H groups in total. The van der Waals surface area contributed by atoms with E-state index < -0.39 is 0 Å². The van der Waals surface area contributed by atoms with E-state index in [0.717, 1.165) is 24.2 Å². The highest BCUT2D eigenvalue weighted by atomic mass is 32.2. The number of thioether (sulfide) groups is 1. The number of hydrogen-bond acceptors (Lipinski definition) is 5. The van der Waals surface area contributed by atoms with Crippen LogP contribution in [0.2, 0.25) is 0 Å². The topological polar surface area (TPSA) is 58.4 Å². The molecule has 0 aliphatic heterocycles. The fraction of sp³-hybridized carbons (Fsp3) is 0.300. The molecule has 0 radical (unpaired) electrons.